The summed E-state index contributed by atoms with van der Waals surface area (Å²) in [4.78, 5) is 18.4. The van der Waals surface area contributed by atoms with Crippen molar-refractivity contribution < 1.29 is 4.79 Å². The number of hydrogen-bond donors (Lipinski definition) is 1. The number of carbonyl (C=O) groups excluding carboxylic acids is 1. The molecule has 0 spiro atoms. The summed E-state index contributed by atoms with van der Waals surface area (Å²) in [6, 6.07) is 11.9. The van der Waals surface area contributed by atoms with E-state index in [1.54, 1.807) is 11.8 Å². The first-order chi connectivity index (χ1) is 12.6. The predicted molar refractivity (Wildman–Crippen MR) is 108 cm³/mol. The lowest BCUT2D eigenvalue weighted by molar-refractivity contribution is -0.115. The summed E-state index contributed by atoms with van der Waals surface area (Å²) in [5.74, 6) is -0.0834. The molecule has 1 heterocycles. The van der Waals surface area contributed by atoms with Gasteiger partial charge in [-0.25, -0.2) is 4.98 Å². The van der Waals surface area contributed by atoms with Gasteiger partial charge in [-0.15, -0.1) is 11.8 Å². The van der Waals surface area contributed by atoms with Crippen molar-refractivity contribution in [2.24, 2.45) is 0 Å². The SMILES string of the molecule is CSc1ccccc1NC(=O)C(C)Sc1nc2c(cc1C#N)CCCC2. The van der Waals surface area contributed by atoms with E-state index in [1.165, 1.54) is 17.3 Å². The third-order valence-electron chi connectivity index (χ3n) is 4.41. The number of nitrogens with zero attached hydrogens (tertiary/aromatic N) is 2. The van der Waals surface area contributed by atoms with Gasteiger partial charge in [-0.3, -0.25) is 4.79 Å². The third-order valence-corrected chi connectivity index (χ3v) is 6.31. The standard InChI is InChI=1S/C20H21N3OS2/c1-13(19(24)22-17-9-5-6-10-18(17)25-2)26-20-15(12-21)11-14-7-3-4-8-16(14)23-20/h5-6,9-11,13H,3-4,7-8H2,1-2H3,(H,22,24). The lowest BCUT2D eigenvalue weighted by Gasteiger charge is -2.18. The Balaban J connectivity index is 1.76. The van der Waals surface area contributed by atoms with Gasteiger partial charge in [-0.1, -0.05) is 23.9 Å². The van der Waals surface area contributed by atoms with Gasteiger partial charge in [0, 0.05) is 10.6 Å². The molecular weight excluding hydrogens is 362 g/mol. The van der Waals surface area contributed by atoms with Crippen LogP contribution in [-0.4, -0.2) is 22.4 Å². The van der Waals surface area contributed by atoms with Crippen LogP contribution < -0.4 is 5.32 Å². The number of nitriles is 1. The van der Waals surface area contributed by atoms with Crippen molar-refractivity contribution in [3.05, 3.63) is 47.2 Å². The van der Waals surface area contributed by atoms with Crippen LogP contribution in [0.25, 0.3) is 0 Å². The molecule has 1 atom stereocenters. The molecule has 134 valence electrons. The van der Waals surface area contributed by atoms with Crippen molar-refractivity contribution >= 4 is 35.1 Å². The summed E-state index contributed by atoms with van der Waals surface area (Å²) in [5, 5.41) is 12.8. The summed E-state index contributed by atoms with van der Waals surface area (Å²) in [6.45, 7) is 1.85. The largest absolute Gasteiger partial charge is 0.324 e. The fourth-order valence-corrected chi connectivity index (χ4v) is 4.44. The second kappa shape index (κ2) is 8.61. The van der Waals surface area contributed by atoms with Crippen LogP contribution in [0.4, 0.5) is 5.69 Å². The Hall–Kier alpha value is -1.97. The van der Waals surface area contributed by atoms with Crippen molar-refractivity contribution in [3.63, 3.8) is 0 Å². The average Bonchev–Trinajstić information content (AvgIpc) is 2.67. The molecule has 3 rings (SSSR count). The second-order valence-corrected chi connectivity index (χ2v) is 8.39. The van der Waals surface area contributed by atoms with E-state index in [-0.39, 0.29) is 11.2 Å². The number of carbonyl (C=O) groups is 1. The fourth-order valence-electron chi connectivity index (χ4n) is 2.99. The fraction of sp³-hybridized carbons (Fsp3) is 0.350. The quantitative estimate of drug-likeness (QED) is 0.760. The first-order valence-corrected chi connectivity index (χ1v) is 10.8. The van der Waals surface area contributed by atoms with E-state index in [1.807, 2.05) is 43.5 Å². The molecule has 4 nitrogen and oxygen atoms in total. The highest BCUT2D eigenvalue weighted by molar-refractivity contribution is 8.00. The number of nitrogens with one attached hydrogen (secondary N) is 1. The third kappa shape index (κ3) is 4.22. The highest BCUT2D eigenvalue weighted by Gasteiger charge is 2.21. The van der Waals surface area contributed by atoms with Crippen LogP contribution in [0.1, 0.15) is 36.6 Å². The summed E-state index contributed by atoms with van der Waals surface area (Å²) in [6.07, 6.45) is 6.22. The number of fused-ring (bicyclic) bond motifs is 1. The van der Waals surface area contributed by atoms with Crippen LogP contribution in [0, 0.1) is 11.3 Å². The summed E-state index contributed by atoms with van der Waals surface area (Å²) < 4.78 is 0. The molecule has 2 aromatic rings. The highest BCUT2D eigenvalue weighted by Crippen LogP contribution is 2.31. The number of rotatable bonds is 5. The van der Waals surface area contributed by atoms with Gasteiger partial charge in [-0.05, 0) is 62.6 Å². The van der Waals surface area contributed by atoms with Crippen LogP contribution in [0.15, 0.2) is 40.3 Å². The van der Waals surface area contributed by atoms with Crippen LogP contribution in [-0.2, 0) is 17.6 Å². The molecule has 0 aliphatic heterocycles. The van der Waals surface area contributed by atoms with Gasteiger partial charge in [-0.2, -0.15) is 5.26 Å². The molecule has 6 heteroatoms. The number of amides is 1. The zero-order valence-corrected chi connectivity index (χ0v) is 16.5. The van der Waals surface area contributed by atoms with Gasteiger partial charge in [0.15, 0.2) is 0 Å². The minimum absolute atomic E-state index is 0.0834. The molecule has 1 unspecified atom stereocenters. The minimum atomic E-state index is -0.342. The Bertz CT molecular complexity index is 861. The minimum Gasteiger partial charge on any atom is -0.324 e. The van der Waals surface area contributed by atoms with Gasteiger partial charge in [0.05, 0.1) is 16.5 Å². The Labute approximate surface area is 162 Å². The molecule has 0 bridgehead atoms. The van der Waals surface area contributed by atoms with E-state index < -0.39 is 0 Å². The lowest BCUT2D eigenvalue weighted by atomic mass is 9.95. The number of pyridine rings is 1. The summed E-state index contributed by atoms with van der Waals surface area (Å²) in [5.41, 5.74) is 3.65. The maximum Gasteiger partial charge on any atom is 0.237 e. The molecule has 0 radical (unpaired) electrons. The maximum absolute atomic E-state index is 12.6. The van der Waals surface area contributed by atoms with E-state index in [4.69, 9.17) is 4.98 Å². The van der Waals surface area contributed by atoms with Crippen LogP contribution in [0.3, 0.4) is 0 Å². The van der Waals surface area contributed by atoms with Crippen molar-refractivity contribution in [2.75, 3.05) is 11.6 Å². The number of benzene rings is 1. The molecule has 0 saturated carbocycles. The molecule has 1 amide bonds. The molecule has 1 aliphatic rings. The van der Waals surface area contributed by atoms with Gasteiger partial charge in [0.1, 0.15) is 11.1 Å². The van der Waals surface area contributed by atoms with Crippen molar-refractivity contribution in [3.8, 4) is 6.07 Å². The van der Waals surface area contributed by atoms with Gasteiger partial charge >= 0.3 is 0 Å². The molecule has 1 aromatic carbocycles. The molecule has 1 aromatic heterocycles. The molecule has 26 heavy (non-hydrogen) atoms. The van der Waals surface area contributed by atoms with E-state index in [2.05, 4.69) is 11.4 Å². The number of thioether (sulfide) groups is 2. The smallest absolute Gasteiger partial charge is 0.237 e. The second-order valence-electron chi connectivity index (χ2n) is 6.22. The monoisotopic (exact) mass is 383 g/mol. The van der Waals surface area contributed by atoms with E-state index in [0.717, 1.165) is 42.0 Å². The molecule has 1 N–H and O–H groups in total. The van der Waals surface area contributed by atoms with Crippen LogP contribution >= 0.6 is 23.5 Å². The maximum atomic E-state index is 12.6. The number of anilines is 1. The van der Waals surface area contributed by atoms with Crippen molar-refractivity contribution in [1.82, 2.24) is 4.98 Å². The number of para-hydroxylation sites is 1. The molecular formula is C20H21N3OS2. The Morgan fingerprint density at radius 3 is 2.85 bits per heavy atom. The molecule has 0 fully saturated rings. The average molecular weight is 384 g/mol. The topological polar surface area (TPSA) is 65.8 Å². The zero-order chi connectivity index (χ0) is 18.5. The van der Waals surface area contributed by atoms with Crippen LogP contribution in [0.5, 0.6) is 0 Å². The molecule has 0 saturated heterocycles. The first-order valence-electron chi connectivity index (χ1n) is 8.65. The van der Waals surface area contributed by atoms with E-state index in [9.17, 15) is 10.1 Å². The first kappa shape index (κ1) is 18.8. The van der Waals surface area contributed by atoms with E-state index in [0.29, 0.717) is 10.6 Å². The van der Waals surface area contributed by atoms with Gasteiger partial charge < -0.3 is 5.32 Å². The summed E-state index contributed by atoms with van der Waals surface area (Å²) in [7, 11) is 0. The summed E-state index contributed by atoms with van der Waals surface area (Å²) >= 11 is 2.95. The Morgan fingerprint density at radius 1 is 1.31 bits per heavy atom. The van der Waals surface area contributed by atoms with Crippen molar-refractivity contribution in [1.29, 1.82) is 5.26 Å². The van der Waals surface area contributed by atoms with E-state index >= 15 is 0 Å². The highest BCUT2D eigenvalue weighted by atomic mass is 32.2. The van der Waals surface area contributed by atoms with Gasteiger partial charge in [0.25, 0.3) is 0 Å². The van der Waals surface area contributed by atoms with Gasteiger partial charge in [0.2, 0.25) is 5.91 Å². The van der Waals surface area contributed by atoms with Crippen molar-refractivity contribution in [2.45, 2.75) is 47.8 Å². The number of hydrogen-bond acceptors (Lipinski definition) is 5. The predicted octanol–water partition coefficient (Wildman–Crippen LogP) is 4.67. The lowest BCUT2D eigenvalue weighted by Crippen LogP contribution is -2.23. The molecule has 1 aliphatic carbocycles. The number of aromatic nitrogens is 1. The normalized spacial score (nSPS) is 14.2. The zero-order valence-electron chi connectivity index (χ0n) is 14.9. The number of aryl methyl sites for hydroxylation is 2. The Kier molecular flexibility index (Phi) is 6.23. The van der Waals surface area contributed by atoms with Crippen LogP contribution in [0.2, 0.25) is 0 Å². The Morgan fingerprint density at radius 2 is 2.08 bits per heavy atom.